The molecular weight excluding hydrogens is 290 g/mol. The smallest absolute Gasteiger partial charge is 0.274 e. The molecule has 0 saturated heterocycles. The predicted octanol–water partition coefficient (Wildman–Crippen LogP) is 2.36. The van der Waals surface area contributed by atoms with E-state index in [4.69, 9.17) is 0 Å². The second kappa shape index (κ2) is 6.48. The van der Waals surface area contributed by atoms with Crippen LogP contribution in [0.5, 0.6) is 0 Å². The van der Waals surface area contributed by atoms with Crippen LogP contribution in [0.2, 0.25) is 0 Å². The lowest BCUT2D eigenvalue weighted by Crippen LogP contribution is -2.26. The van der Waals surface area contributed by atoms with Crippen LogP contribution in [0.1, 0.15) is 23.0 Å². The number of rotatable bonds is 5. The molecule has 2 aromatic heterocycles. The van der Waals surface area contributed by atoms with Gasteiger partial charge >= 0.3 is 0 Å². The highest BCUT2D eigenvalue weighted by atomic mass is 16.2. The van der Waals surface area contributed by atoms with Crippen LogP contribution >= 0.6 is 0 Å². The molecular formula is C17H19N5O. The van der Waals surface area contributed by atoms with Crippen LogP contribution < -0.4 is 0 Å². The first-order chi connectivity index (χ1) is 11.2. The number of aryl methyl sites for hydroxylation is 1. The number of amides is 1. The zero-order valence-corrected chi connectivity index (χ0v) is 13.3. The fourth-order valence-electron chi connectivity index (χ4n) is 2.37. The average Bonchev–Trinajstić information content (AvgIpc) is 3.26. The molecule has 0 fully saturated rings. The Hall–Kier alpha value is -2.89. The number of hydrogen-bond acceptors (Lipinski definition) is 3. The Morgan fingerprint density at radius 1 is 1.17 bits per heavy atom. The van der Waals surface area contributed by atoms with Crippen molar-refractivity contribution in [2.24, 2.45) is 0 Å². The van der Waals surface area contributed by atoms with E-state index in [1.54, 1.807) is 33.6 Å². The Balaban J connectivity index is 1.67. The standard InChI is InChI=1S/C17H19N5O/c1-3-21-12-9-16(19-21)17(23)20(2)13-14-5-7-15(8-6-14)22-11-4-10-18-22/h4-12H,3,13H2,1-2H3. The Labute approximate surface area is 135 Å². The first kappa shape index (κ1) is 15.0. The van der Waals surface area contributed by atoms with E-state index >= 15 is 0 Å². The summed E-state index contributed by atoms with van der Waals surface area (Å²) < 4.78 is 3.55. The number of carbonyl (C=O) groups excluding carboxylic acids is 1. The molecule has 0 atom stereocenters. The summed E-state index contributed by atoms with van der Waals surface area (Å²) in [5.41, 5.74) is 2.53. The maximum Gasteiger partial charge on any atom is 0.274 e. The largest absolute Gasteiger partial charge is 0.336 e. The highest BCUT2D eigenvalue weighted by Gasteiger charge is 2.14. The van der Waals surface area contributed by atoms with Crippen molar-refractivity contribution in [1.82, 2.24) is 24.5 Å². The van der Waals surface area contributed by atoms with E-state index in [0.717, 1.165) is 17.8 Å². The molecule has 0 N–H and O–H groups in total. The fourth-order valence-corrected chi connectivity index (χ4v) is 2.37. The van der Waals surface area contributed by atoms with E-state index in [-0.39, 0.29) is 5.91 Å². The summed E-state index contributed by atoms with van der Waals surface area (Å²) >= 11 is 0. The third kappa shape index (κ3) is 3.31. The van der Waals surface area contributed by atoms with Gasteiger partial charge in [0.25, 0.3) is 5.91 Å². The summed E-state index contributed by atoms with van der Waals surface area (Å²) in [7, 11) is 1.79. The third-order valence-electron chi connectivity index (χ3n) is 3.66. The number of hydrogen-bond donors (Lipinski definition) is 0. The summed E-state index contributed by atoms with van der Waals surface area (Å²) in [4.78, 5) is 14.0. The maximum atomic E-state index is 12.4. The number of carbonyl (C=O) groups is 1. The van der Waals surface area contributed by atoms with E-state index in [0.29, 0.717) is 12.2 Å². The van der Waals surface area contributed by atoms with Crippen LogP contribution in [-0.2, 0) is 13.1 Å². The number of nitrogens with zero attached hydrogens (tertiary/aromatic N) is 5. The van der Waals surface area contributed by atoms with Gasteiger partial charge in [0.2, 0.25) is 0 Å². The molecule has 1 amide bonds. The second-order valence-electron chi connectivity index (χ2n) is 5.33. The van der Waals surface area contributed by atoms with Gasteiger partial charge in [0.15, 0.2) is 0 Å². The van der Waals surface area contributed by atoms with Crippen molar-refractivity contribution < 1.29 is 4.79 Å². The fraction of sp³-hybridized carbons (Fsp3) is 0.235. The topological polar surface area (TPSA) is 56.0 Å². The SMILES string of the molecule is CCn1ccc(C(=O)N(C)Cc2ccc(-n3cccn3)cc2)n1. The monoisotopic (exact) mass is 309 g/mol. The Kier molecular flexibility index (Phi) is 4.23. The van der Waals surface area contributed by atoms with Crippen molar-refractivity contribution in [2.45, 2.75) is 20.0 Å². The lowest BCUT2D eigenvalue weighted by atomic mass is 10.2. The van der Waals surface area contributed by atoms with Crippen LogP contribution in [0.3, 0.4) is 0 Å². The molecule has 1 aromatic carbocycles. The van der Waals surface area contributed by atoms with Gasteiger partial charge in [-0.1, -0.05) is 12.1 Å². The summed E-state index contributed by atoms with van der Waals surface area (Å²) in [6.45, 7) is 3.29. The molecule has 6 heteroatoms. The van der Waals surface area contributed by atoms with E-state index in [9.17, 15) is 4.79 Å². The molecule has 0 bridgehead atoms. The number of benzene rings is 1. The molecule has 0 spiro atoms. The van der Waals surface area contributed by atoms with Crippen LogP contribution in [0, 0.1) is 0 Å². The van der Waals surface area contributed by atoms with Crippen LogP contribution in [0.4, 0.5) is 0 Å². The summed E-state index contributed by atoms with van der Waals surface area (Å²) in [6.07, 6.45) is 5.46. The van der Waals surface area contributed by atoms with Gasteiger partial charge in [0.05, 0.1) is 5.69 Å². The van der Waals surface area contributed by atoms with Gasteiger partial charge in [-0.25, -0.2) is 4.68 Å². The van der Waals surface area contributed by atoms with Gasteiger partial charge in [0, 0.05) is 38.7 Å². The van der Waals surface area contributed by atoms with Crippen molar-refractivity contribution in [2.75, 3.05) is 7.05 Å². The molecule has 0 saturated carbocycles. The van der Waals surface area contributed by atoms with Crippen molar-refractivity contribution in [3.8, 4) is 5.69 Å². The molecule has 0 aliphatic carbocycles. The first-order valence-corrected chi connectivity index (χ1v) is 7.55. The third-order valence-corrected chi connectivity index (χ3v) is 3.66. The van der Waals surface area contributed by atoms with Gasteiger partial charge < -0.3 is 4.90 Å². The molecule has 3 aromatic rings. The zero-order valence-electron chi connectivity index (χ0n) is 13.3. The Morgan fingerprint density at radius 3 is 2.57 bits per heavy atom. The lowest BCUT2D eigenvalue weighted by molar-refractivity contribution is 0.0778. The molecule has 0 aliphatic rings. The van der Waals surface area contributed by atoms with E-state index in [1.165, 1.54) is 0 Å². The van der Waals surface area contributed by atoms with E-state index in [2.05, 4.69) is 10.2 Å². The Bertz CT molecular complexity index is 774. The highest BCUT2D eigenvalue weighted by Crippen LogP contribution is 2.11. The lowest BCUT2D eigenvalue weighted by Gasteiger charge is -2.16. The van der Waals surface area contributed by atoms with Crippen molar-refractivity contribution in [3.63, 3.8) is 0 Å². The quantitative estimate of drug-likeness (QED) is 0.727. The summed E-state index contributed by atoms with van der Waals surface area (Å²) in [6, 6.07) is 11.6. The maximum absolute atomic E-state index is 12.4. The molecule has 6 nitrogen and oxygen atoms in total. The molecule has 23 heavy (non-hydrogen) atoms. The van der Waals surface area contributed by atoms with Gasteiger partial charge in [-0.15, -0.1) is 0 Å². The minimum Gasteiger partial charge on any atom is -0.336 e. The first-order valence-electron chi connectivity index (χ1n) is 7.55. The van der Waals surface area contributed by atoms with Crippen LogP contribution in [0.25, 0.3) is 5.69 Å². The normalized spacial score (nSPS) is 10.7. The zero-order chi connectivity index (χ0) is 16.2. The van der Waals surface area contributed by atoms with Crippen molar-refractivity contribution >= 4 is 5.91 Å². The molecule has 0 aliphatic heterocycles. The van der Waals surface area contributed by atoms with Crippen LogP contribution in [0.15, 0.2) is 55.0 Å². The second-order valence-corrected chi connectivity index (χ2v) is 5.33. The van der Waals surface area contributed by atoms with Crippen LogP contribution in [-0.4, -0.2) is 37.4 Å². The van der Waals surface area contributed by atoms with E-state index in [1.807, 2.05) is 49.6 Å². The summed E-state index contributed by atoms with van der Waals surface area (Å²) in [5, 5.41) is 8.45. The molecule has 0 radical (unpaired) electrons. The minimum atomic E-state index is -0.0756. The van der Waals surface area contributed by atoms with Gasteiger partial charge in [-0.2, -0.15) is 10.2 Å². The molecule has 118 valence electrons. The average molecular weight is 309 g/mol. The minimum absolute atomic E-state index is 0.0756. The number of aromatic nitrogens is 4. The van der Waals surface area contributed by atoms with E-state index < -0.39 is 0 Å². The molecule has 3 rings (SSSR count). The van der Waals surface area contributed by atoms with Gasteiger partial charge in [-0.3, -0.25) is 9.48 Å². The van der Waals surface area contributed by atoms with Crippen molar-refractivity contribution in [1.29, 1.82) is 0 Å². The van der Waals surface area contributed by atoms with Gasteiger partial charge in [0.1, 0.15) is 5.69 Å². The Morgan fingerprint density at radius 2 is 1.96 bits per heavy atom. The predicted molar refractivity (Wildman–Crippen MR) is 87.3 cm³/mol. The molecule has 0 unspecified atom stereocenters. The summed E-state index contributed by atoms with van der Waals surface area (Å²) in [5.74, 6) is -0.0756. The van der Waals surface area contributed by atoms with Crippen molar-refractivity contribution in [3.05, 3.63) is 66.2 Å². The molecule has 2 heterocycles. The highest BCUT2D eigenvalue weighted by molar-refractivity contribution is 5.91. The van der Waals surface area contributed by atoms with Gasteiger partial charge in [-0.05, 0) is 36.8 Å².